The molecule has 2 aromatic heterocycles. The molecule has 0 fully saturated rings. The van der Waals surface area contributed by atoms with E-state index in [1.807, 2.05) is 78.3 Å². The smallest absolute Gasteiger partial charge is 0.292 e. The lowest BCUT2D eigenvalue weighted by molar-refractivity contribution is 0.0992. The maximum atomic E-state index is 12.7. The standard InChI is InChI=1S/C27H22ClN3O3/c1-18-13-26(30-31(18)16-19-5-4-8-22(28)14-19)29-27(32)25-12-11-24(34-25)17-33-23-10-9-20-6-2-3-7-21(20)15-23/h2-15H,16-17H2,1H3,(H,29,30,32). The molecule has 0 saturated heterocycles. The van der Waals surface area contributed by atoms with Gasteiger partial charge in [-0.15, -0.1) is 0 Å². The molecule has 3 aromatic carbocycles. The van der Waals surface area contributed by atoms with Crippen LogP contribution in [0.3, 0.4) is 0 Å². The summed E-state index contributed by atoms with van der Waals surface area (Å²) in [6.07, 6.45) is 0. The number of halogens is 1. The third-order valence-corrected chi connectivity index (χ3v) is 5.67. The van der Waals surface area contributed by atoms with E-state index in [1.165, 1.54) is 0 Å². The molecule has 2 heterocycles. The Bertz CT molecular complexity index is 1470. The first-order valence-corrected chi connectivity index (χ1v) is 11.2. The van der Waals surface area contributed by atoms with E-state index < -0.39 is 0 Å². The molecule has 1 N–H and O–H groups in total. The third-order valence-electron chi connectivity index (χ3n) is 5.43. The van der Waals surface area contributed by atoms with Gasteiger partial charge in [0.2, 0.25) is 0 Å². The lowest BCUT2D eigenvalue weighted by Crippen LogP contribution is -2.12. The number of hydrogen-bond acceptors (Lipinski definition) is 4. The molecule has 0 saturated carbocycles. The minimum Gasteiger partial charge on any atom is -0.486 e. The number of ether oxygens (including phenoxy) is 1. The number of anilines is 1. The highest BCUT2D eigenvalue weighted by molar-refractivity contribution is 6.30. The molecular weight excluding hydrogens is 450 g/mol. The monoisotopic (exact) mass is 471 g/mol. The fraction of sp³-hybridized carbons (Fsp3) is 0.111. The highest BCUT2D eigenvalue weighted by Gasteiger charge is 2.14. The molecule has 5 rings (SSSR count). The van der Waals surface area contributed by atoms with Crippen LogP contribution in [0.1, 0.15) is 27.6 Å². The fourth-order valence-corrected chi connectivity index (χ4v) is 3.92. The van der Waals surface area contributed by atoms with Crippen molar-refractivity contribution in [2.24, 2.45) is 0 Å². The summed E-state index contributed by atoms with van der Waals surface area (Å²) in [5.41, 5.74) is 1.94. The van der Waals surface area contributed by atoms with Crippen molar-refractivity contribution in [3.05, 3.63) is 113 Å². The van der Waals surface area contributed by atoms with Crippen LogP contribution < -0.4 is 10.1 Å². The lowest BCUT2D eigenvalue weighted by atomic mass is 10.1. The number of furan rings is 1. The van der Waals surface area contributed by atoms with Gasteiger partial charge in [0.05, 0.1) is 6.54 Å². The fourth-order valence-electron chi connectivity index (χ4n) is 3.71. The van der Waals surface area contributed by atoms with Gasteiger partial charge in [0, 0.05) is 16.8 Å². The molecule has 1 amide bonds. The number of hydrogen-bond donors (Lipinski definition) is 1. The average Bonchev–Trinajstić information content (AvgIpc) is 3.44. The van der Waals surface area contributed by atoms with E-state index in [4.69, 9.17) is 20.8 Å². The summed E-state index contributed by atoms with van der Waals surface area (Å²) in [7, 11) is 0. The Morgan fingerprint density at radius 3 is 2.71 bits per heavy atom. The van der Waals surface area contributed by atoms with Gasteiger partial charge >= 0.3 is 0 Å². The molecule has 6 nitrogen and oxygen atoms in total. The zero-order valence-corrected chi connectivity index (χ0v) is 19.3. The highest BCUT2D eigenvalue weighted by Crippen LogP contribution is 2.22. The van der Waals surface area contributed by atoms with Gasteiger partial charge in [-0.2, -0.15) is 5.10 Å². The van der Waals surface area contributed by atoms with Crippen molar-refractivity contribution in [1.82, 2.24) is 9.78 Å². The first-order valence-electron chi connectivity index (χ1n) is 10.8. The van der Waals surface area contributed by atoms with E-state index in [9.17, 15) is 4.79 Å². The second-order valence-corrected chi connectivity index (χ2v) is 8.41. The molecule has 170 valence electrons. The number of carbonyl (C=O) groups is 1. The van der Waals surface area contributed by atoms with E-state index in [2.05, 4.69) is 16.5 Å². The van der Waals surface area contributed by atoms with Crippen LogP contribution in [0.4, 0.5) is 5.82 Å². The molecular formula is C27H22ClN3O3. The molecule has 34 heavy (non-hydrogen) atoms. The van der Waals surface area contributed by atoms with Gasteiger partial charge < -0.3 is 14.5 Å². The second-order valence-electron chi connectivity index (χ2n) is 7.98. The minimum atomic E-state index is -0.371. The van der Waals surface area contributed by atoms with Crippen LogP contribution in [0, 0.1) is 6.92 Å². The average molecular weight is 472 g/mol. The zero-order chi connectivity index (χ0) is 23.5. The third kappa shape index (κ3) is 4.97. The molecule has 0 aliphatic carbocycles. The Labute approximate surface area is 201 Å². The normalized spacial score (nSPS) is 11.0. The van der Waals surface area contributed by atoms with Crippen LogP contribution in [0.5, 0.6) is 5.75 Å². The Balaban J connectivity index is 1.21. The second kappa shape index (κ2) is 9.45. The minimum absolute atomic E-state index is 0.194. The van der Waals surface area contributed by atoms with Gasteiger partial charge in [0.1, 0.15) is 18.1 Å². The predicted molar refractivity (Wildman–Crippen MR) is 132 cm³/mol. The SMILES string of the molecule is Cc1cc(NC(=O)c2ccc(COc3ccc4ccccc4c3)o2)nn1Cc1cccc(Cl)c1. The first kappa shape index (κ1) is 21.8. The molecule has 0 atom stereocenters. The summed E-state index contributed by atoms with van der Waals surface area (Å²) in [6, 6.07) is 26.8. The van der Waals surface area contributed by atoms with Crippen LogP contribution in [-0.2, 0) is 13.2 Å². The number of fused-ring (bicyclic) bond motifs is 1. The van der Waals surface area contributed by atoms with Crippen LogP contribution in [0.2, 0.25) is 5.02 Å². The van der Waals surface area contributed by atoms with E-state index in [1.54, 1.807) is 12.1 Å². The maximum Gasteiger partial charge on any atom is 0.292 e. The lowest BCUT2D eigenvalue weighted by Gasteiger charge is -2.06. The molecule has 0 unspecified atom stereocenters. The number of nitrogens with zero attached hydrogens (tertiary/aromatic N) is 2. The van der Waals surface area contributed by atoms with Crippen LogP contribution in [0.25, 0.3) is 10.8 Å². The number of carbonyl (C=O) groups excluding carboxylic acids is 1. The molecule has 0 aliphatic heterocycles. The Morgan fingerprint density at radius 2 is 1.85 bits per heavy atom. The summed E-state index contributed by atoms with van der Waals surface area (Å²) in [6.45, 7) is 2.71. The quantitative estimate of drug-likeness (QED) is 0.295. The summed E-state index contributed by atoms with van der Waals surface area (Å²) >= 11 is 6.07. The van der Waals surface area contributed by atoms with Crippen molar-refractivity contribution in [1.29, 1.82) is 0 Å². The predicted octanol–water partition coefficient (Wildman–Crippen LogP) is 6.47. The van der Waals surface area contributed by atoms with Crippen molar-refractivity contribution < 1.29 is 13.9 Å². The summed E-state index contributed by atoms with van der Waals surface area (Å²) < 4.78 is 13.3. The van der Waals surface area contributed by atoms with E-state index in [-0.39, 0.29) is 18.3 Å². The van der Waals surface area contributed by atoms with Crippen molar-refractivity contribution in [3.63, 3.8) is 0 Å². The Hall–Kier alpha value is -4.03. The van der Waals surface area contributed by atoms with Crippen LogP contribution in [0.15, 0.2) is 89.3 Å². The Kier molecular flexibility index (Phi) is 6.06. The van der Waals surface area contributed by atoms with Crippen molar-refractivity contribution in [2.45, 2.75) is 20.1 Å². The largest absolute Gasteiger partial charge is 0.486 e. The summed E-state index contributed by atoms with van der Waals surface area (Å²) in [5.74, 6) is 1.57. The van der Waals surface area contributed by atoms with E-state index in [0.717, 1.165) is 27.8 Å². The topological polar surface area (TPSA) is 69.3 Å². The van der Waals surface area contributed by atoms with Gasteiger partial charge in [0.25, 0.3) is 5.91 Å². The van der Waals surface area contributed by atoms with Crippen molar-refractivity contribution in [3.8, 4) is 5.75 Å². The number of aromatic nitrogens is 2. The summed E-state index contributed by atoms with van der Waals surface area (Å²) in [4.78, 5) is 12.7. The molecule has 7 heteroatoms. The first-order chi connectivity index (χ1) is 16.5. The Morgan fingerprint density at radius 1 is 1.00 bits per heavy atom. The highest BCUT2D eigenvalue weighted by atomic mass is 35.5. The number of amides is 1. The molecule has 0 spiro atoms. The summed E-state index contributed by atoms with van der Waals surface area (Å²) in [5, 5.41) is 10.2. The zero-order valence-electron chi connectivity index (χ0n) is 18.5. The number of aryl methyl sites for hydroxylation is 1. The molecule has 0 bridgehead atoms. The van der Waals surface area contributed by atoms with E-state index in [0.29, 0.717) is 23.1 Å². The van der Waals surface area contributed by atoms with Gasteiger partial charge in [-0.3, -0.25) is 9.48 Å². The van der Waals surface area contributed by atoms with Gasteiger partial charge in [-0.25, -0.2) is 0 Å². The maximum absolute atomic E-state index is 12.7. The number of rotatable bonds is 7. The van der Waals surface area contributed by atoms with Crippen LogP contribution >= 0.6 is 11.6 Å². The molecule has 0 radical (unpaired) electrons. The van der Waals surface area contributed by atoms with Crippen molar-refractivity contribution >= 4 is 34.1 Å². The molecule has 0 aliphatic rings. The van der Waals surface area contributed by atoms with Crippen molar-refractivity contribution in [2.75, 3.05) is 5.32 Å². The van der Waals surface area contributed by atoms with Crippen LogP contribution in [-0.4, -0.2) is 15.7 Å². The molecule has 5 aromatic rings. The number of nitrogens with one attached hydrogen (secondary N) is 1. The van der Waals surface area contributed by atoms with Gasteiger partial charge in [-0.1, -0.05) is 54.1 Å². The van der Waals surface area contributed by atoms with Gasteiger partial charge in [-0.05, 0) is 59.7 Å². The van der Waals surface area contributed by atoms with E-state index >= 15 is 0 Å². The number of benzene rings is 3. The van der Waals surface area contributed by atoms with Gasteiger partial charge in [0.15, 0.2) is 11.6 Å².